The number of nitrogens with one attached hydrogen (secondary N) is 1. The quantitative estimate of drug-likeness (QED) is 0.592. The van der Waals surface area contributed by atoms with Crippen LogP contribution in [0.1, 0.15) is 27.7 Å². The zero-order chi connectivity index (χ0) is 7.98. The topological polar surface area (TPSA) is 12.0 Å². The van der Waals surface area contributed by atoms with Crippen LogP contribution in [-0.2, 0) is 0 Å². The van der Waals surface area contributed by atoms with Crippen LogP contribution in [0.25, 0.3) is 0 Å². The highest BCUT2D eigenvalue weighted by Gasteiger charge is 1.89. The van der Waals surface area contributed by atoms with E-state index < -0.39 is 0 Å². The van der Waals surface area contributed by atoms with Crippen molar-refractivity contribution in [2.45, 2.75) is 33.7 Å². The zero-order valence-electron chi connectivity index (χ0n) is 7.31. The third-order valence-corrected chi connectivity index (χ3v) is 1.11. The highest BCUT2D eigenvalue weighted by Crippen LogP contribution is 1.92. The Morgan fingerprint density at radius 3 is 2.40 bits per heavy atom. The van der Waals surface area contributed by atoms with E-state index in [4.69, 9.17) is 0 Å². The summed E-state index contributed by atoms with van der Waals surface area (Å²) in [4.78, 5) is 0. The maximum absolute atomic E-state index is 3.21. The molecule has 0 aliphatic rings. The van der Waals surface area contributed by atoms with Gasteiger partial charge in [0.15, 0.2) is 0 Å². The first-order valence-corrected chi connectivity index (χ1v) is 3.69. The molecule has 1 unspecified atom stereocenters. The van der Waals surface area contributed by atoms with E-state index in [2.05, 4.69) is 32.2 Å². The Hall–Kier alpha value is -0.720. The van der Waals surface area contributed by atoms with Crippen LogP contribution in [0, 0.1) is 0 Å². The van der Waals surface area contributed by atoms with Gasteiger partial charge in [0, 0.05) is 6.04 Å². The lowest BCUT2D eigenvalue weighted by molar-refractivity contribution is 0.763. The van der Waals surface area contributed by atoms with E-state index in [1.165, 1.54) is 5.57 Å². The average Bonchev–Trinajstić information content (AvgIpc) is 1.82. The molecule has 1 nitrogen and oxygen atoms in total. The summed E-state index contributed by atoms with van der Waals surface area (Å²) in [5.74, 6) is 0. The highest BCUT2D eigenvalue weighted by atomic mass is 14.9. The van der Waals surface area contributed by atoms with Gasteiger partial charge in [0.25, 0.3) is 0 Å². The van der Waals surface area contributed by atoms with Crippen LogP contribution in [0.5, 0.6) is 0 Å². The minimum Gasteiger partial charge on any atom is -0.385 e. The monoisotopic (exact) mass is 139 g/mol. The zero-order valence-corrected chi connectivity index (χ0v) is 7.31. The summed E-state index contributed by atoms with van der Waals surface area (Å²) in [7, 11) is 0. The fourth-order valence-electron chi connectivity index (χ4n) is 0.796. The maximum atomic E-state index is 3.21. The molecule has 0 fully saturated rings. The summed E-state index contributed by atoms with van der Waals surface area (Å²) in [6, 6.07) is 0.446. The molecule has 1 heteroatoms. The second-order valence-electron chi connectivity index (χ2n) is 2.70. The summed E-state index contributed by atoms with van der Waals surface area (Å²) in [5, 5.41) is 3.21. The summed E-state index contributed by atoms with van der Waals surface area (Å²) >= 11 is 0. The lowest BCUT2D eigenvalue weighted by Gasteiger charge is -2.05. The van der Waals surface area contributed by atoms with Gasteiger partial charge >= 0.3 is 0 Å². The van der Waals surface area contributed by atoms with Crippen LogP contribution in [0.4, 0.5) is 0 Å². The SMILES string of the molecule is C/C=C\NC(C)C=C(C)C. The van der Waals surface area contributed by atoms with Gasteiger partial charge < -0.3 is 5.32 Å². The predicted molar refractivity (Wildman–Crippen MR) is 46.8 cm³/mol. The highest BCUT2D eigenvalue weighted by molar-refractivity contribution is 5.00. The molecule has 0 radical (unpaired) electrons. The summed E-state index contributed by atoms with van der Waals surface area (Å²) in [5.41, 5.74) is 1.35. The molecular formula is C9H17N. The van der Waals surface area contributed by atoms with Crippen molar-refractivity contribution in [1.29, 1.82) is 0 Å². The van der Waals surface area contributed by atoms with Gasteiger partial charge in [-0.15, -0.1) is 0 Å². The van der Waals surface area contributed by atoms with Crippen molar-refractivity contribution in [3.05, 3.63) is 23.9 Å². The van der Waals surface area contributed by atoms with Gasteiger partial charge in [0.1, 0.15) is 0 Å². The lowest BCUT2D eigenvalue weighted by Crippen LogP contribution is -2.17. The molecule has 0 bridgehead atoms. The smallest absolute Gasteiger partial charge is 0.0412 e. The second-order valence-corrected chi connectivity index (χ2v) is 2.70. The molecule has 0 amide bonds. The molecule has 0 aromatic rings. The Kier molecular flexibility index (Phi) is 4.73. The minimum absolute atomic E-state index is 0.446. The third kappa shape index (κ3) is 5.42. The van der Waals surface area contributed by atoms with Crippen LogP contribution in [0.15, 0.2) is 23.9 Å². The first kappa shape index (κ1) is 9.28. The van der Waals surface area contributed by atoms with Crippen molar-refractivity contribution in [1.82, 2.24) is 5.32 Å². The Morgan fingerprint density at radius 1 is 1.40 bits per heavy atom. The third-order valence-electron chi connectivity index (χ3n) is 1.11. The number of allylic oxidation sites excluding steroid dienone is 2. The number of hydrogen-bond donors (Lipinski definition) is 1. The van der Waals surface area contributed by atoms with Crippen LogP contribution in [0.2, 0.25) is 0 Å². The molecule has 0 aliphatic carbocycles. The minimum atomic E-state index is 0.446. The van der Waals surface area contributed by atoms with Crippen molar-refractivity contribution >= 4 is 0 Å². The molecule has 0 rings (SSSR count). The first-order valence-electron chi connectivity index (χ1n) is 3.69. The van der Waals surface area contributed by atoms with E-state index >= 15 is 0 Å². The number of hydrogen-bond acceptors (Lipinski definition) is 1. The molecule has 0 aromatic heterocycles. The van der Waals surface area contributed by atoms with Crippen molar-refractivity contribution in [2.75, 3.05) is 0 Å². The van der Waals surface area contributed by atoms with Crippen molar-refractivity contribution in [2.24, 2.45) is 0 Å². The molecule has 0 saturated heterocycles. The van der Waals surface area contributed by atoms with Crippen molar-refractivity contribution in [3.63, 3.8) is 0 Å². The standard InChI is InChI=1S/C9H17N/c1-5-6-10-9(4)7-8(2)3/h5-7,9-10H,1-4H3/b6-5-. The Morgan fingerprint density at radius 2 is 2.00 bits per heavy atom. The molecule has 0 spiro atoms. The van der Waals surface area contributed by atoms with Gasteiger partial charge in [-0.2, -0.15) is 0 Å². The summed E-state index contributed by atoms with van der Waals surface area (Å²) in [6.45, 7) is 8.34. The molecule has 0 heterocycles. The van der Waals surface area contributed by atoms with Gasteiger partial charge in [-0.05, 0) is 33.9 Å². The molecular weight excluding hydrogens is 122 g/mol. The average molecular weight is 139 g/mol. The lowest BCUT2D eigenvalue weighted by atomic mass is 10.2. The van der Waals surface area contributed by atoms with Gasteiger partial charge in [0.2, 0.25) is 0 Å². The van der Waals surface area contributed by atoms with Gasteiger partial charge in [-0.1, -0.05) is 17.7 Å². The largest absolute Gasteiger partial charge is 0.385 e. The van der Waals surface area contributed by atoms with Crippen LogP contribution in [-0.4, -0.2) is 6.04 Å². The fraction of sp³-hybridized carbons (Fsp3) is 0.556. The molecule has 0 aliphatic heterocycles. The van der Waals surface area contributed by atoms with E-state index in [9.17, 15) is 0 Å². The maximum Gasteiger partial charge on any atom is 0.0412 e. The molecule has 0 saturated carbocycles. The van der Waals surface area contributed by atoms with E-state index in [0.717, 1.165) is 0 Å². The van der Waals surface area contributed by atoms with E-state index in [1.54, 1.807) is 0 Å². The second kappa shape index (κ2) is 5.10. The molecule has 58 valence electrons. The Bertz CT molecular complexity index is 130. The number of rotatable bonds is 3. The van der Waals surface area contributed by atoms with Gasteiger partial charge in [-0.25, -0.2) is 0 Å². The molecule has 0 aromatic carbocycles. The Labute approximate surface area is 63.8 Å². The van der Waals surface area contributed by atoms with Crippen LogP contribution >= 0.6 is 0 Å². The summed E-state index contributed by atoms with van der Waals surface area (Å²) in [6.07, 6.45) is 6.15. The first-order chi connectivity index (χ1) is 4.66. The fourth-order valence-corrected chi connectivity index (χ4v) is 0.796. The van der Waals surface area contributed by atoms with E-state index in [1.807, 2.05) is 19.2 Å². The van der Waals surface area contributed by atoms with Crippen molar-refractivity contribution in [3.8, 4) is 0 Å². The van der Waals surface area contributed by atoms with E-state index in [-0.39, 0.29) is 0 Å². The predicted octanol–water partition coefficient (Wildman–Crippen LogP) is 2.46. The van der Waals surface area contributed by atoms with Crippen LogP contribution in [0.3, 0.4) is 0 Å². The van der Waals surface area contributed by atoms with Crippen LogP contribution < -0.4 is 5.32 Å². The summed E-state index contributed by atoms with van der Waals surface area (Å²) < 4.78 is 0. The molecule has 10 heavy (non-hydrogen) atoms. The van der Waals surface area contributed by atoms with E-state index in [0.29, 0.717) is 6.04 Å². The van der Waals surface area contributed by atoms with Gasteiger partial charge in [0.05, 0.1) is 0 Å². The van der Waals surface area contributed by atoms with Crippen molar-refractivity contribution < 1.29 is 0 Å². The normalized spacial score (nSPS) is 13.2. The Balaban J connectivity index is 3.63. The molecule has 1 atom stereocenters. The van der Waals surface area contributed by atoms with Gasteiger partial charge in [-0.3, -0.25) is 0 Å². The molecule has 1 N–H and O–H groups in total.